The van der Waals surface area contributed by atoms with Crippen LogP contribution in [0.4, 0.5) is 4.79 Å². The smallest absolute Gasteiger partial charge is 0.315 e. The number of Topliss-reactive ketones (excluding diaryl/α,β-unsaturated/α-hetero) is 1. The number of ketones is 1. The van der Waals surface area contributed by atoms with Gasteiger partial charge in [-0.2, -0.15) is 0 Å². The Balaban J connectivity index is 2.10. The molecule has 1 saturated heterocycles. The van der Waals surface area contributed by atoms with Crippen molar-refractivity contribution in [1.29, 1.82) is 0 Å². The number of rotatable bonds is 13. The first-order chi connectivity index (χ1) is 18.9. The Morgan fingerprint density at radius 1 is 1.00 bits per heavy atom. The van der Waals surface area contributed by atoms with Gasteiger partial charge in [0.05, 0.1) is 12.6 Å². The van der Waals surface area contributed by atoms with Gasteiger partial charge in [-0.1, -0.05) is 47.0 Å². The molecule has 0 aromatic heterocycles. The molecule has 0 radical (unpaired) electrons. The predicted molar refractivity (Wildman–Crippen MR) is 158 cm³/mol. The summed E-state index contributed by atoms with van der Waals surface area (Å²) in [5.74, 6) is -2.59. The summed E-state index contributed by atoms with van der Waals surface area (Å²) in [7, 11) is 0. The average Bonchev–Trinajstić information content (AvgIpc) is 3.30. The Labute approximate surface area is 248 Å². The molecular formula is C28H50N6O6S. The molecular weight excluding hydrogens is 548 g/mol. The Morgan fingerprint density at radius 2 is 1.63 bits per heavy atom. The van der Waals surface area contributed by atoms with Gasteiger partial charge in [0.1, 0.15) is 12.1 Å². The fraction of sp³-hybridized carbons (Fsp3) is 0.821. The number of carbonyl (C=O) groups excluding carboxylic acids is 5. The molecule has 234 valence electrons. The van der Waals surface area contributed by atoms with Gasteiger partial charge < -0.3 is 31.8 Å². The summed E-state index contributed by atoms with van der Waals surface area (Å²) < 4.78 is 0.900. The molecule has 1 aliphatic carbocycles. The highest BCUT2D eigenvalue weighted by molar-refractivity contribution is 7.98. The molecule has 5 amide bonds. The highest BCUT2D eigenvalue weighted by Crippen LogP contribution is 2.31. The number of primary amides is 1. The number of hydrogen-bond acceptors (Lipinski definition) is 8. The van der Waals surface area contributed by atoms with Crippen LogP contribution in [0.3, 0.4) is 0 Å². The fourth-order valence-corrected chi connectivity index (χ4v) is 5.91. The lowest BCUT2D eigenvalue weighted by Crippen LogP contribution is -2.60. The Bertz CT molecular complexity index is 961. The van der Waals surface area contributed by atoms with E-state index in [1.165, 1.54) is 16.8 Å². The zero-order chi connectivity index (χ0) is 31.1. The Hall–Kier alpha value is -2.38. The zero-order valence-electron chi connectivity index (χ0n) is 25.6. The number of nitrogens with zero attached hydrogens (tertiary/aromatic N) is 2. The molecule has 0 spiro atoms. The van der Waals surface area contributed by atoms with Crippen LogP contribution in [0, 0.1) is 11.3 Å². The topological polar surface area (TPSA) is 174 Å². The zero-order valence-corrected chi connectivity index (χ0v) is 26.4. The van der Waals surface area contributed by atoms with E-state index in [1.54, 1.807) is 0 Å². The first-order valence-electron chi connectivity index (χ1n) is 14.6. The normalized spacial score (nSPS) is 20.1. The maximum atomic E-state index is 13.8. The summed E-state index contributed by atoms with van der Waals surface area (Å²) in [4.78, 5) is 65.7. The minimum atomic E-state index is -1.09. The van der Waals surface area contributed by atoms with Gasteiger partial charge >= 0.3 is 6.03 Å². The van der Waals surface area contributed by atoms with E-state index in [0.717, 1.165) is 23.7 Å². The van der Waals surface area contributed by atoms with Crippen molar-refractivity contribution in [2.75, 3.05) is 13.1 Å². The quantitative estimate of drug-likeness (QED) is 0.122. The lowest BCUT2D eigenvalue weighted by molar-refractivity contribution is -0.143. The predicted octanol–water partition coefficient (Wildman–Crippen LogP) is 2.34. The molecule has 13 heteroatoms. The molecule has 12 nitrogen and oxygen atoms in total. The van der Waals surface area contributed by atoms with Gasteiger partial charge in [-0.05, 0) is 69.7 Å². The van der Waals surface area contributed by atoms with E-state index in [0.29, 0.717) is 32.2 Å². The van der Waals surface area contributed by atoms with Crippen molar-refractivity contribution in [3.8, 4) is 0 Å². The molecule has 1 aliphatic heterocycles. The molecule has 2 unspecified atom stereocenters. The minimum Gasteiger partial charge on any atom is -0.363 e. The van der Waals surface area contributed by atoms with Crippen LogP contribution in [0.5, 0.6) is 0 Å². The first kappa shape index (κ1) is 34.8. The second kappa shape index (κ2) is 14.7. The van der Waals surface area contributed by atoms with Crippen molar-refractivity contribution < 1.29 is 29.2 Å². The fourth-order valence-electron chi connectivity index (χ4n) is 5.03. The van der Waals surface area contributed by atoms with Crippen molar-refractivity contribution >= 4 is 41.5 Å². The molecule has 0 bridgehead atoms. The van der Waals surface area contributed by atoms with Gasteiger partial charge in [0, 0.05) is 17.3 Å². The van der Waals surface area contributed by atoms with Crippen LogP contribution in [0.15, 0.2) is 0 Å². The summed E-state index contributed by atoms with van der Waals surface area (Å²) >= 11 is 1.26. The molecule has 1 saturated carbocycles. The van der Waals surface area contributed by atoms with Crippen molar-refractivity contribution in [3.05, 3.63) is 0 Å². The van der Waals surface area contributed by atoms with Gasteiger partial charge in [0.15, 0.2) is 0 Å². The van der Waals surface area contributed by atoms with Gasteiger partial charge in [-0.25, -0.2) is 4.79 Å². The van der Waals surface area contributed by atoms with Gasteiger partial charge in [-0.3, -0.25) is 19.2 Å². The number of amides is 5. The average molecular weight is 599 g/mol. The third-order valence-corrected chi connectivity index (χ3v) is 8.39. The van der Waals surface area contributed by atoms with E-state index >= 15 is 0 Å². The maximum absolute atomic E-state index is 13.8. The summed E-state index contributed by atoms with van der Waals surface area (Å²) in [6.45, 7) is 13.8. The molecule has 0 aromatic carbocycles. The van der Waals surface area contributed by atoms with Gasteiger partial charge in [0.2, 0.25) is 17.6 Å². The molecule has 6 N–H and O–H groups in total. The monoisotopic (exact) mass is 598 g/mol. The second-order valence-corrected chi connectivity index (χ2v) is 15.1. The summed E-state index contributed by atoms with van der Waals surface area (Å²) in [5.41, 5.74) is 4.56. The molecule has 41 heavy (non-hydrogen) atoms. The number of hydroxylamine groups is 1. The van der Waals surface area contributed by atoms with Gasteiger partial charge in [0.25, 0.3) is 5.91 Å². The van der Waals surface area contributed by atoms with Gasteiger partial charge in [-0.15, -0.1) is 4.47 Å². The molecule has 2 fully saturated rings. The van der Waals surface area contributed by atoms with Crippen molar-refractivity contribution in [2.45, 2.75) is 122 Å². The van der Waals surface area contributed by atoms with Crippen LogP contribution in [-0.2, 0) is 19.2 Å². The largest absolute Gasteiger partial charge is 0.363 e. The van der Waals surface area contributed by atoms with Crippen LogP contribution >= 0.6 is 11.9 Å². The van der Waals surface area contributed by atoms with E-state index < -0.39 is 53.1 Å². The molecule has 1 heterocycles. The van der Waals surface area contributed by atoms with Crippen molar-refractivity contribution in [3.63, 3.8) is 0 Å². The number of hydrogen-bond donors (Lipinski definition) is 5. The summed E-state index contributed by atoms with van der Waals surface area (Å²) in [6.07, 6.45) is 4.79. The minimum absolute atomic E-state index is 0.195. The highest BCUT2D eigenvalue weighted by atomic mass is 32.2. The first-order valence-corrected chi connectivity index (χ1v) is 15.4. The van der Waals surface area contributed by atoms with Crippen LogP contribution in [-0.4, -0.2) is 86.1 Å². The molecule has 0 aromatic rings. The number of urea groups is 1. The summed E-state index contributed by atoms with van der Waals surface area (Å²) in [6, 6.07) is -3.71. The van der Waals surface area contributed by atoms with E-state index in [9.17, 15) is 29.2 Å². The molecule has 4 atom stereocenters. The number of nitrogens with two attached hydrogens (primary N) is 1. The third kappa shape index (κ3) is 10.8. The van der Waals surface area contributed by atoms with E-state index in [-0.39, 0.29) is 23.3 Å². The third-order valence-electron chi connectivity index (χ3n) is 7.48. The molecule has 2 rings (SSSR count). The van der Waals surface area contributed by atoms with Crippen LogP contribution in [0.25, 0.3) is 0 Å². The number of nitrogens with one attached hydrogen (secondary N) is 3. The highest BCUT2D eigenvalue weighted by Gasteiger charge is 2.43. The van der Waals surface area contributed by atoms with Crippen molar-refractivity contribution in [1.82, 2.24) is 25.3 Å². The lowest BCUT2D eigenvalue weighted by Gasteiger charge is -2.36. The van der Waals surface area contributed by atoms with E-state index in [1.807, 2.05) is 48.5 Å². The Morgan fingerprint density at radius 3 is 2.12 bits per heavy atom. The maximum Gasteiger partial charge on any atom is 0.315 e. The summed E-state index contributed by atoms with van der Waals surface area (Å²) in [5, 5.41) is 18.6. The van der Waals surface area contributed by atoms with Crippen molar-refractivity contribution in [2.24, 2.45) is 17.1 Å². The standard InChI is InChI=1S/C28H50N6O6S/c1-8-18(16-34(40)41-28(5,6)7)30-26(39)32-22(27(2,3)4)25(38)33-14-10-13-20(33)24(37)31-19(21(35)23(29)36)15-17-11-9-12-17/h17-20,22,40H,8-16H2,1-7H3,(H2,29,36)(H,31,37)(H2,30,32,39)/t18-,19?,20-,22?/m0/s1. The van der Waals surface area contributed by atoms with Crippen LogP contribution in [0.2, 0.25) is 0 Å². The number of likely N-dealkylation sites (tertiary alicyclic amines) is 1. The Kier molecular flexibility index (Phi) is 12.5. The van der Waals surface area contributed by atoms with Crippen LogP contribution < -0.4 is 21.7 Å². The number of carbonyl (C=O) groups is 5. The van der Waals surface area contributed by atoms with Crippen LogP contribution in [0.1, 0.15) is 93.4 Å². The van der Waals surface area contributed by atoms with E-state index in [4.69, 9.17) is 5.73 Å². The molecule has 2 aliphatic rings. The SMILES string of the molecule is CC[C@@H](CN(O)SC(C)(C)C)NC(=O)NC(C(=O)N1CCC[C@H]1C(=O)NC(CC1CCC1)C(=O)C(N)=O)C(C)(C)C. The lowest BCUT2D eigenvalue weighted by atomic mass is 9.80. The van der Waals surface area contributed by atoms with E-state index in [2.05, 4.69) is 16.0 Å². The second-order valence-electron chi connectivity index (χ2n) is 13.3.